The molecule has 0 spiro atoms. The maximum Gasteiger partial charge on any atom is 0.335 e. The molecule has 0 unspecified atom stereocenters. The van der Waals surface area contributed by atoms with E-state index in [0.29, 0.717) is 53.9 Å². The Hall–Kier alpha value is -3.26. The number of nitrogens with zero attached hydrogens (tertiary/aromatic N) is 1. The fraction of sp³-hybridized carbons (Fsp3) is 0.417. The molecule has 8 nitrogen and oxygen atoms in total. The summed E-state index contributed by atoms with van der Waals surface area (Å²) in [4.78, 5) is 16.1. The summed E-state index contributed by atoms with van der Waals surface area (Å²) >= 11 is 0. The fourth-order valence-corrected chi connectivity index (χ4v) is 3.13. The molecule has 3 rings (SSSR count). The van der Waals surface area contributed by atoms with Crippen molar-refractivity contribution in [3.8, 4) is 23.1 Å². The van der Waals surface area contributed by atoms with Crippen LogP contribution in [0.3, 0.4) is 0 Å². The lowest BCUT2D eigenvalue weighted by Gasteiger charge is -2.14. The van der Waals surface area contributed by atoms with E-state index < -0.39 is 12.1 Å². The Morgan fingerprint density at radius 2 is 2.03 bits per heavy atom. The Bertz CT molecular complexity index is 1010. The van der Waals surface area contributed by atoms with Gasteiger partial charge < -0.3 is 28.2 Å². The molecule has 0 radical (unpaired) electrons. The zero-order valence-corrected chi connectivity index (χ0v) is 18.8. The van der Waals surface area contributed by atoms with Crippen LogP contribution < -0.4 is 9.47 Å². The number of aromatic nitrogens is 1. The molecule has 0 aliphatic rings. The minimum atomic E-state index is -1.11. The molecule has 3 aromatic rings. The number of aliphatic hydroxyl groups excluding tert-OH is 1. The van der Waals surface area contributed by atoms with Crippen LogP contribution in [0.1, 0.15) is 43.7 Å². The van der Waals surface area contributed by atoms with Crippen LogP contribution in [0.4, 0.5) is 0 Å². The smallest absolute Gasteiger partial charge is 0.335 e. The lowest BCUT2D eigenvalue weighted by molar-refractivity contribution is -0.157. The zero-order valence-electron chi connectivity index (χ0n) is 18.8. The number of aryl methyl sites for hydroxylation is 2. The molecular formula is C24H29NO7. The number of carbonyl (C=O) groups is 1. The topological polar surface area (TPSA) is 104 Å². The zero-order chi connectivity index (χ0) is 23.1. The van der Waals surface area contributed by atoms with Gasteiger partial charge in [-0.25, -0.2) is 9.78 Å². The number of aliphatic hydroxyl groups is 1. The van der Waals surface area contributed by atoms with Crippen molar-refractivity contribution in [2.24, 2.45) is 0 Å². The van der Waals surface area contributed by atoms with Gasteiger partial charge in [0.15, 0.2) is 23.4 Å². The maximum absolute atomic E-state index is 11.7. The lowest BCUT2D eigenvalue weighted by Crippen LogP contribution is -2.25. The Morgan fingerprint density at radius 3 is 2.72 bits per heavy atom. The first-order valence-electron chi connectivity index (χ1n) is 10.6. The molecule has 2 aromatic heterocycles. The SMILES string of the molecule is COc1cc(CCC[C@@H](O)C(=O)OC(C)C)ccc1OCc1nc(-c2ccco2)oc1C. The third kappa shape index (κ3) is 6.13. The van der Waals surface area contributed by atoms with Crippen LogP contribution in [-0.2, 0) is 22.6 Å². The van der Waals surface area contributed by atoms with Crippen molar-refractivity contribution in [1.82, 2.24) is 4.98 Å². The summed E-state index contributed by atoms with van der Waals surface area (Å²) in [6.07, 6.45) is 1.85. The van der Waals surface area contributed by atoms with E-state index in [9.17, 15) is 9.90 Å². The Labute approximate surface area is 187 Å². The highest BCUT2D eigenvalue weighted by Crippen LogP contribution is 2.30. The second-order valence-corrected chi connectivity index (χ2v) is 7.67. The summed E-state index contributed by atoms with van der Waals surface area (Å²) in [5, 5.41) is 9.91. The Kier molecular flexibility index (Phi) is 7.94. The average Bonchev–Trinajstić information content (AvgIpc) is 3.42. The fourth-order valence-electron chi connectivity index (χ4n) is 3.13. The van der Waals surface area contributed by atoms with Gasteiger partial charge in [-0.15, -0.1) is 0 Å². The molecule has 2 heterocycles. The number of hydrogen-bond acceptors (Lipinski definition) is 8. The summed E-state index contributed by atoms with van der Waals surface area (Å²) in [7, 11) is 1.58. The van der Waals surface area contributed by atoms with Crippen molar-refractivity contribution in [2.75, 3.05) is 7.11 Å². The summed E-state index contributed by atoms with van der Waals surface area (Å²) in [5.41, 5.74) is 1.68. The largest absolute Gasteiger partial charge is 0.493 e. The molecule has 1 aromatic carbocycles. The number of methoxy groups -OCH3 is 1. The van der Waals surface area contributed by atoms with Gasteiger partial charge in [0.25, 0.3) is 5.89 Å². The number of oxazole rings is 1. The van der Waals surface area contributed by atoms with Gasteiger partial charge in [-0.1, -0.05) is 6.07 Å². The molecule has 0 aliphatic carbocycles. The third-order valence-corrected chi connectivity index (χ3v) is 4.78. The number of rotatable bonds is 11. The molecule has 0 amide bonds. The van der Waals surface area contributed by atoms with E-state index in [1.165, 1.54) is 0 Å². The van der Waals surface area contributed by atoms with Gasteiger partial charge in [0, 0.05) is 0 Å². The van der Waals surface area contributed by atoms with Crippen LogP contribution in [-0.4, -0.2) is 35.4 Å². The summed E-state index contributed by atoms with van der Waals surface area (Å²) in [6.45, 7) is 5.55. The van der Waals surface area contributed by atoms with Gasteiger partial charge in [-0.05, 0) is 69.9 Å². The van der Waals surface area contributed by atoms with Gasteiger partial charge in [0.05, 0.1) is 19.5 Å². The second-order valence-electron chi connectivity index (χ2n) is 7.67. The molecule has 0 fully saturated rings. The van der Waals surface area contributed by atoms with Gasteiger partial charge in [0.2, 0.25) is 0 Å². The number of carbonyl (C=O) groups excluding carboxylic acids is 1. The molecule has 0 bridgehead atoms. The third-order valence-electron chi connectivity index (χ3n) is 4.78. The van der Waals surface area contributed by atoms with Crippen molar-refractivity contribution in [3.05, 3.63) is 53.6 Å². The summed E-state index contributed by atoms with van der Waals surface area (Å²) in [5.74, 6) is 2.21. The molecule has 0 saturated heterocycles. The second kappa shape index (κ2) is 10.9. The number of ether oxygens (including phenoxy) is 3. The highest BCUT2D eigenvalue weighted by molar-refractivity contribution is 5.74. The molecule has 32 heavy (non-hydrogen) atoms. The minimum Gasteiger partial charge on any atom is -0.493 e. The first kappa shape index (κ1) is 23.4. The highest BCUT2D eigenvalue weighted by atomic mass is 16.6. The van der Waals surface area contributed by atoms with Crippen LogP contribution in [0.5, 0.6) is 11.5 Å². The normalized spacial score (nSPS) is 12.1. The van der Waals surface area contributed by atoms with Gasteiger partial charge in [-0.2, -0.15) is 0 Å². The van der Waals surface area contributed by atoms with E-state index in [4.69, 9.17) is 23.0 Å². The quantitative estimate of drug-likeness (QED) is 0.433. The van der Waals surface area contributed by atoms with E-state index in [0.717, 1.165) is 5.56 Å². The number of hydrogen-bond donors (Lipinski definition) is 1. The van der Waals surface area contributed by atoms with E-state index in [1.54, 1.807) is 39.4 Å². The van der Waals surface area contributed by atoms with Crippen LogP contribution in [0.2, 0.25) is 0 Å². The van der Waals surface area contributed by atoms with Crippen LogP contribution in [0, 0.1) is 6.92 Å². The Balaban J connectivity index is 1.56. The summed E-state index contributed by atoms with van der Waals surface area (Å²) in [6, 6.07) is 9.21. The van der Waals surface area contributed by atoms with Crippen LogP contribution >= 0.6 is 0 Å². The highest BCUT2D eigenvalue weighted by Gasteiger charge is 2.18. The average molecular weight is 443 g/mol. The van der Waals surface area contributed by atoms with E-state index in [2.05, 4.69) is 4.98 Å². The first-order chi connectivity index (χ1) is 15.4. The maximum atomic E-state index is 11.7. The minimum absolute atomic E-state index is 0.218. The molecular weight excluding hydrogens is 414 g/mol. The first-order valence-corrected chi connectivity index (χ1v) is 10.6. The predicted octanol–water partition coefficient (Wildman–Crippen LogP) is 4.47. The standard InChI is InChI=1S/C24H29NO7/c1-15(2)31-24(27)19(26)8-5-7-17-10-11-20(22(13-17)28-4)30-14-18-16(3)32-23(25-18)21-9-6-12-29-21/h6,9-13,15,19,26H,5,7-8,14H2,1-4H3/t19-/m1/s1. The molecule has 1 N–H and O–H groups in total. The number of esters is 1. The number of benzene rings is 1. The van der Waals surface area contributed by atoms with Crippen molar-refractivity contribution >= 4 is 5.97 Å². The van der Waals surface area contributed by atoms with Gasteiger partial charge in [0.1, 0.15) is 18.1 Å². The van der Waals surface area contributed by atoms with E-state index in [-0.39, 0.29) is 12.7 Å². The van der Waals surface area contributed by atoms with Crippen molar-refractivity contribution in [2.45, 2.75) is 58.8 Å². The van der Waals surface area contributed by atoms with Crippen molar-refractivity contribution < 1.29 is 32.9 Å². The molecule has 0 saturated carbocycles. The molecule has 1 atom stereocenters. The molecule has 172 valence electrons. The van der Waals surface area contributed by atoms with E-state index in [1.807, 2.05) is 25.1 Å². The molecule has 0 aliphatic heterocycles. The summed E-state index contributed by atoms with van der Waals surface area (Å²) < 4.78 is 27.4. The predicted molar refractivity (Wildman–Crippen MR) is 116 cm³/mol. The number of furan rings is 1. The van der Waals surface area contributed by atoms with Gasteiger partial charge >= 0.3 is 5.97 Å². The monoisotopic (exact) mass is 443 g/mol. The van der Waals surface area contributed by atoms with Crippen molar-refractivity contribution in [3.63, 3.8) is 0 Å². The van der Waals surface area contributed by atoms with Crippen LogP contribution in [0.15, 0.2) is 45.4 Å². The van der Waals surface area contributed by atoms with Crippen molar-refractivity contribution in [1.29, 1.82) is 0 Å². The van der Waals surface area contributed by atoms with Crippen LogP contribution in [0.25, 0.3) is 11.7 Å². The lowest BCUT2D eigenvalue weighted by atomic mass is 10.1. The van der Waals surface area contributed by atoms with Gasteiger partial charge in [-0.3, -0.25) is 0 Å². The van der Waals surface area contributed by atoms with E-state index >= 15 is 0 Å². The molecule has 8 heteroatoms. The Morgan fingerprint density at radius 1 is 1.22 bits per heavy atom.